The molecule has 0 aliphatic carbocycles. The summed E-state index contributed by atoms with van der Waals surface area (Å²) in [5, 5.41) is 15.3. The number of non-ortho nitro benzene ring substituents is 1. The molecule has 0 spiro atoms. The lowest BCUT2D eigenvalue weighted by molar-refractivity contribution is -0.384. The van der Waals surface area contributed by atoms with Gasteiger partial charge >= 0.3 is 0 Å². The van der Waals surface area contributed by atoms with Crippen molar-refractivity contribution >= 4 is 63.6 Å². The van der Waals surface area contributed by atoms with Gasteiger partial charge in [0, 0.05) is 17.7 Å². The number of carbonyl (C=O) groups excluding carboxylic acids is 1. The summed E-state index contributed by atoms with van der Waals surface area (Å²) >= 11 is 14.7. The molecule has 0 heterocycles. The van der Waals surface area contributed by atoms with Gasteiger partial charge in [-0.2, -0.15) is 5.10 Å². The highest BCUT2D eigenvalue weighted by Gasteiger charge is 2.12. The second-order valence-electron chi connectivity index (χ2n) is 6.58. The number of nitrogens with zero attached hydrogens (tertiary/aromatic N) is 2. The topological polar surface area (TPSA) is 103 Å². The Balaban J connectivity index is 1.66. The molecule has 0 unspecified atom stereocenters. The molecule has 0 fully saturated rings. The molecule has 0 aliphatic rings. The molecule has 8 nitrogen and oxygen atoms in total. The molecule has 3 aromatic rings. The molecule has 3 aromatic carbocycles. The van der Waals surface area contributed by atoms with E-state index in [-0.39, 0.29) is 28.1 Å². The number of hydrogen-bond donors (Lipinski definition) is 1. The van der Waals surface area contributed by atoms with Gasteiger partial charge in [-0.05, 0) is 64.0 Å². The van der Waals surface area contributed by atoms with Crippen molar-refractivity contribution in [2.24, 2.45) is 5.10 Å². The Labute approximate surface area is 212 Å². The minimum atomic E-state index is -0.481. The van der Waals surface area contributed by atoms with Gasteiger partial charge in [0.1, 0.15) is 12.4 Å². The molecular weight excluding hydrogens is 584 g/mol. The van der Waals surface area contributed by atoms with Gasteiger partial charge in [0.25, 0.3) is 11.6 Å². The van der Waals surface area contributed by atoms with E-state index in [0.29, 0.717) is 22.4 Å². The number of nitro benzene ring substituents is 1. The lowest BCUT2D eigenvalue weighted by Gasteiger charge is -2.11. The normalized spacial score (nSPS) is 10.8. The number of nitro groups is 1. The lowest BCUT2D eigenvalue weighted by Crippen LogP contribution is -2.17. The molecule has 1 amide bonds. The van der Waals surface area contributed by atoms with Crippen molar-refractivity contribution in [3.05, 3.63) is 95.0 Å². The summed E-state index contributed by atoms with van der Waals surface area (Å²) in [6, 6.07) is 14.3. The Morgan fingerprint density at radius 3 is 2.58 bits per heavy atom. The van der Waals surface area contributed by atoms with Gasteiger partial charge in [-0.15, -0.1) is 0 Å². The van der Waals surface area contributed by atoms with E-state index in [0.717, 1.165) is 3.57 Å². The SMILES string of the molecule is COc1cc(C(=O)N/N=C\c2cc(Cl)c(OCc3cccc([N+](=O)[O-])c3)c(Cl)c2)ccc1I. The van der Waals surface area contributed by atoms with Crippen LogP contribution < -0.4 is 14.9 Å². The minimum Gasteiger partial charge on any atom is -0.496 e. The van der Waals surface area contributed by atoms with Crippen LogP contribution in [0.2, 0.25) is 10.0 Å². The number of amides is 1. The maximum absolute atomic E-state index is 12.3. The maximum atomic E-state index is 12.3. The first-order chi connectivity index (χ1) is 15.8. The molecule has 3 rings (SSSR count). The molecule has 1 N–H and O–H groups in total. The summed E-state index contributed by atoms with van der Waals surface area (Å²) in [6.45, 7) is 0.0457. The zero-order chi connectivity index (χ0) is 24.0. The number of rotatable bonds is 8. The van der Waals surface area contributed by atoms with Crippen molar-refractivity contribution in [3.8, 4) is 11.5 Å². The van der Waals surface area contributed by atoms with Crippen LogP contribution in [0.1, 0.15) is 21.5 Å². The number of nitrogens with one attached hydrogen (secondary N) is 1. The van der Waals surface area contributed by atoms with Gasteiger partial charge < -0.3 is 9.47 Å². The van der Waals surface area contributed by atoms with Crippen LogP contribution in [0.15, 0.2) is 59.7 Å². The molecule has 0 saturated carbocycles. The van der Waals surface area contributed by atoms with Gasteiger partial charge in [-0.3, -0.25) is 14.9 Å². The molecular formula is C22H16Cl2IN3O5. The Morgan fingerprint density at radius 2 is 1.91 bits per heavy atom. The first-order valence-electron chi connectivity index (χ1n) is 9.30. The summed E-state index contributed by atoms with van der Waals surface area (Å²) in [5.74, 6) is 0.415. The average molecular weight is 600 g/mol. The van der Waals surface area contributed by atoms with Crippen molar-refractivity contribution in [3.63, 3.8) is 0 Å². The van der Waals surface area contributed by atoms with Crippen LogP contribution >= 0.6 is 45.8 Å². The number of ether oxygens (including phenoxy) is 2. The zero-order valence-electron chi connectivity index (χ0n) is 17.1. The van der Waals surface area contributed by atoms with Crippen molar-refractivity contribution in [2.75, 3.05) is 7.11 Å². The van der Waals surface area contributed by atoms with Crippen LogP contribution in [-0.4, -0.2) is 24.2 Å². The monoisotopic (exact) mass is 599 g/mol. The second kappa shape index (κ2) is 11.3. The summed E-state index contributed by atoms with van der Waals surface area (Å²) in [5.41, 5.74) is 3.92. The van der Waals surface area contributed by atoms with E-state index < -0.39 is 10.8 Å². The molecule has 0 aromatic heterocycles. The Hall–Kier alpha value is -2.89. The fourth-order valence-corrected chi connectivity index (χ4v) is 3.91. The van der Waals surface area contributed by atoms with Crippen molar-refractivity contribution < 1.29 is 19.2 Å². The summed E-state index contributed by atoms with van der Waals surface area (Å²) in [4.78, 5) is 22.7. The Bertz CT molecular complexity index is 1210. The van der Waals surface area contributed by atoms with Crippen LogP contribution in [0.25, 0.3) is 0 Å². The van der Waals surface area contributed by atoms with Crippen LogP contribution in [0.5, 0.6) is 11.5 Å². The fourth-order valence-electron chi connectivity index (χ4n) is 2.74. The number of benzene rings is 3. The Kier molecular flexibility index (Phi) is 8.48. The highest BCUT2D eigenvalue weighted by Crippen LogP contribution is 2.34. The van der Waals surface area contributed by atoms with E-state index in [9.17, 15) is 14.9 Å². The predicted octanol–water partition coefficient (Wildman–Crippen LogP) is 5.86. The number of carbonyl (C=O) groups is 1. The smallest absolute Gasteiger partial charge is 0.271 e. The summed E-state index contributed by atoms with van der Waals surface area (Å²) in [6.07, 6.45) is 1.39. The van der Waals surface area contributed by atoms with Gasteiger partial charge in [0.2, 0.25) is 0 Å². The van der Waals surface area contributed by atoms with Crippen LogP contribution in [0, 0.1) is 13.7 Å². The largest absolute Gasteiger partial charge is 0.496 e. The van der Waals surface area contributed by atoms with E-state index in [2.05, 4.69) is 33.1 Å². The van der Waals surface area contributed by atoms with Crippen molar-refractivity contribution in [2.45, 2.75) is 6.61 Å². The average Bonchev–Trinajstić information content (AvgIpc) is 2.79. The third kappa shape index (κ3) is 6.56. The molecule has 0 radical (unpaired) electrons. The quantitative estimate of drug-likeness (QED) is 0.151. The molecule has 0 saturated heterocycles. The molecule has 33 heavy (non-hydrogen) atoms. The number of halogens is 3. The third-order valence-corrected chi connectivity index (χ3v) is 5.77. The van der Waals surface area contributed by atoms with E-state index in [1.54, 1.807) is 42.5 Å². The third-order valence-electron chi connectivity index (χ3n) is 4.32. The first-order valence-corrected chi connectivity index (χ1v) is 11.1. The van der Waals surface area contributed by atoms with Gasteiger partial charge in [0.15, 0.2) is 5.75 Å². The van der Waals surface area contributed by atoms with E-state index in [1.165, 1.54) is 25.5 Å². The standard InChI is InChI=1S/C22H16Cl2IN3O5/c1-32-20-10-15(5-6-19(20)25)22(29)27-26-11-14-8-17(23)21(18(24)9-14)33-12-13-3-2-4-16(7-13)28(30)31/h2-11H,12H2,1H3,(H,27,29)/b26-11-. The van der Waals surface area contributed by atoms with E-state index in [1.807, 2.05) is 0 Å². The molecule has 0 bridgehead atoms. The summed E-state index contributed by atoms with van der Waals surface area (Å²) < 4.78 is 11.8. The number of hydrazone groups is 1. The highest BCUT2D eigenvalue weighted by molar-refractivity contribution is 14.1. The van der Waals surface area contributed by atoms with Crippen LogP contribution in [0.4, 0.5) is 5.69 Å². The van der Waals surface area contributed by atoms with Gasteiger partial charge in [-0.1, -0.05) is 35.3 Å². The van der Waals surface area contributed by atoms with Crippen molar-refractivity contribution in [1.29, 1.82) is 0 Å². The Morgan fingerprint density at radius 1 is 1.18 bits per heavy atom. The maximum Gasteiger partial charge on any atom is 0.271 e. The van der Waals surface area contributed by atoms with Gasteiger partial charge in [-0.25, -0.2) is 5.43 Å². The lowest BCUT2D eigenvalue weighted by atomic mass is 10.2. The van der Waals surface area contributed by atoms with Crippen LogP contribution in [0.3, 0.4) is 0 Å². The zero-order valence-corrected chi connectivity index (χ0v) is 20.7. The van der Waals surface area contributed by atoms with Crippen LogP contribution in [-0.2, 0) is 6.61 Å². The molecule has 0 atom stereocenters. The number of methoxy groups -OCH3 is 1. The van der Waals surface area contributed by atoms with E-state index in [4.69, 9.17) is 32.7 Å². The summed E-state index contributed by atoms with van der Waals surface area (Å²) in [7, 11) is 1.53. The molecule has 0 aliphatic heterocycles. The fraction of sp³-hybridized carbons (Fsp3) is 0.0909. The molecule has 170 valence electrons. The number of hydrogen-bond acceptors (Lipinski definition) is 6. The van der Waals surface area contributed by atoms with Crippen molar-refractivity contribution in [1.82, 2.24) is 5.43 Å². The predicted molar refractivity (Wildman–Crippen MR) is 135 cm³/mol. The minimum absolute atomic E-state index is 0.0365. The molecule has 11 heteroatoms. The highest BCUT2D eigenvalue weighted by atomic mass is 127. The van der Waals surface area contributed by atoms with Gasteiger partial charge in [0.05, 0.1) is 31.9 Å². The van der Waals surface area contributed by atoms with E-state index >= 15 is 0 Å². The second-order valence-corrected chi connectivity index (χ2v) is 8.55. The first kappa shape index (κ1) is 24.7.